The predicted octanol–water partition coefficient (Wildman–Crippen LogP) is 5.23. The lowest BCUT2D eigenvalue weighted by Gasteiger charge is -2.42. The first kappa shape index (κ1) is 29.6. The minimum Gasteiger partial charge on any atom is -0.494 e. The first-order valence-corrected chi connectivity index (χ1v) is 16.9. The van der Waals surface area contributed by atoms with Gasteiger partial charge in [0, 0.05) is 62.4 Å². The summed E-state index contributed by atoms with van der Waals surface area (Å²) in [4.78, 5) is 16.3. The van der Waals surface area contributed by atoms with Gasteiger partial charge >= 0.3 is 0 Å². The van der Waals surface area contributed by atoms with E-state index in [-0.39, 0.29) is 5.02 Å². The molecular formula is C29H38ClFN7O2P. The van der Waals surface area contributed by atoms with E-state index in [0.29, 0.717) is 40.2 Å². The molecule has 2 N–H and O–H groups in total. The van der Waals surface area contributed by atoms with Gasteiger partial charge in [-0.1, -0.05) is 11.6 Å². The summed E-state index contributed by atoms with van der Waals surface area (Å²) in [6, 6.07) is 10.9. The van der Waals surface area contributed by atoms with Gasteiger partial charge in [-0.3, -0.25) is 4.90 Å². The van der Waals surface area contributed by atoms with E-state index in [9.17, 15) is 8.96 Å². The molecule has 3 aromatic rings. The Kier molecular flexibility index (Phi) is 9.04. The van der Waals surface area contributed by atoms with Gasteiger partial charge in [-0.2, -0.15) is 4.98 Å². The Balaban J connectivity index is 1.28. The standard InChI is InChI=1S/C29H38ClFN7O2P/c1-36-13-15-38(16-14-36)21-9-11-37(12-10-21)22-6-8-24(26(18-22)40-2)34-29-32-19-23(30)28(35-29)33-25-7-5-20(31)17-27(25)41(3,4)39/h5-8,17-19,21H,9-16H2,1-4H3,(H2,32,33,34,35). The number of aromatic nitrogens is 2. The van der Waals surface area contributed by atoms with Crippen LogP contribution in [0.5, 0.6) is 5.75 Å². The fourth-order valence-electron chi connectivity index (χ4n) is 5.48. The van der Waals surface area contributed by atoms with Crippen LogP contribution >= 0.6 is 18.7 Å². The fourth-order valence-corrected chi connectivity index (χ4v) is 6.76. The van der Waals surface area contributed by atoms with Crippen molar-refractivity contribution < 1.29 is 13.7 Å². The maximum atomic E-state index is 13.9. The molecule has 12 heteroatoms. The Morgan fingerprint density at radius 1 is 1.00 bits per heavy atom. The number of nitrogens with one attached hydrogen (secondary N) is 2. The number of rotatable bonds is 8. The number of ether oxygens (including phenoxy) is 1. The van der Waals surface area contributed by atoms with Gasteiger partial charge in [0.1, 0.15) is 23.7 Å². The minimum absolute atomic E-state index is 0.273. The smallest absolute Gasteiger partial charge is 0.229 e. The molecule has 2 aromatic carbocycles. The third kappa shape index (κ3) is 7.12. The Morgan fingerprint density at radius 3 is 2.39 bits per heavy atom. The number of piperazine rings is 1. The number of halogens is 2. The number of piperidine rings is 1. The molecule has 0 atom stereocenters. The zero-order valence-electron chi connectivity index (χ0n) is 24.0. The van der Waals surface area contributed by atoms with Gasteiger partial charge in [-0.15, -0.1) is 0 Å². The van der Waals surface area contributed by atoms with E-state index < -0.39 is 13.0 Å². The van der Waals surface area contributed by atoms with Crippen molar-refractivity contribution >= 4 is 52.9 Å². The summed E-state index contributed by atoms with van der Waals surface area (Å²) in [6.45, 7) is 9.80. The van der Waals surface area contributed by atoms with Gasteiger partial charge in [-0.25, -0.2) is 9.37 Å². The lowest BCUT2D eigenvalue weighted by molar-refractivity contribution is 0.0982. The first-order chi connectivity index (χ1) is 19.6. The third-order valence-electron chi connectivity index (χ3n) is 7.85. The molecule has 2 saturated heterocycles. The van der Waals surface area contributed by atoms with Crippen LogP contribution in [0.2, 0.25) is 5.02 Å². The molecule has 0 spiro atoms. The van der Waals surface area contributed by atoms with Crippen molar-refractivity contribution in [3.05, 3.63) is 53.4 Å². The lowest BCUT2D eigenvalue weighted by atomic mass is 10.0. The molecule has 2 aliphatic heterocycles. The largest absolute Gasteiger partial charge is 0.494 e. The first-order valence-electron chi connectivity index (χ1n) is 13.9. The molecule has 0 unspecified atom stereocenters. The molecule has 0 radical (unpaired) electrons. The van der Waals surface area contributed by atoms with Gasteiger partial charge in [0.25, 0.3) is 0 Å². The third-order valence-corrected chi connectivity index (χ3v) is 9.66. The van der Waals surface area contributed by atoms with Crippen molar-refractivity contribution in [3.63, 3.8) is 0 Å². The van der Waals surface area contributed by atoms with Crippen LogP contribution in [-0.4, -0.2) is 92.6 Å². The summed E-state index contributed by atoms with van der Waals surface area (Å²) >= 11 is 6.38. The molecule has 2 aliphatic rings. The topological polar surface area (TPSA) is 85.9 Å². The number of likely N-dealkylation sites (N-methyl/N-ethyl adjacent to an activating group) is 1. The van der Waals surface area contributed by atoms with E-state index in [4.69, 9.17) is 16.3 Å². The van der Waals surface area contributed by atoms with Gasteiger partial charge in [0.2, 0.25) is 5.95 Å². The molecule has 0 bridgehead atoms. The average molecular weight is 602 g/mol. The minimum atomic E-state index is -2.77. The van der Waals surface area contributed by atoms with Gasteiger partial charge in [0.15, 0.2) is 5.82 Å². The summed E-state index contributed by atoms with van der Waals surface area (Å²) in [5, 5.41) is 6.98. The number of anilines is 5. The molecular weight excluding hydrogens is 564 g/mol. The summed E-state index contributed by atoms with van der Waals surface area (Å²) < 4.78 is 32.4. The molecule has 220 valence electrons. The zero-order chi connectivity index (χ0) is 29.1. The van der Waals surface area contributed by atoms with Crippen molar-refractivity contribution in [2.75, 3.05) is 82.3 Å². The highest BCUT2D eigenvalue weighted by Crippen LogP contribution is 2.39. The van der Waals surface area contributed by atoms with Crippen LogP contribution < -0.4 is 25.6 Å². The number of hydrogen-bond acceptors (Lipinski definition) is 9. The van der Waals surface area contributed by atoms with E-state index in [1.165, 1.54) is 24.4 Å². The zero-order valence-corrected chi connectivity index (χ0v) is 25.7. The van der Waals surface area contributed by atoms with E-state index in [2.05, 4.69) is 48.4 Å². The van der Waals surface area contributed by atoms with Crippen LogP contribution in [0.3, 0.4) is 0 Å². The van der Waals surface area contributed by atoms with Crippen molar-refractivity contribution in [2.24, 2.45) is 0 Å². The second kappa shape index (κ2) is 12.5. The highest BCUT2D eigenvalue weighted by molar-refractivity contribution is 7.70. The number of benzene rings is 2. The van der Waals surface area contributed by atoms with Gasteiger partial charge in [-0.05, 0) is 63.6 Å². The molecule has 0 saturated carbocycles. The summed E-state index contributed by atoms with van der Waals surface area (Å²) in [5.41, 5.74) is 2.31. The van der Waals surface area contributed by atoms with Crippen LogP contribution in [0, 0.1) is 5.82 Å². The number of methoxy groups -OCH3 is 1. The van der Waals surface area contributed by atoms with Crippen molar-refractivity contribution in [2.45, 2.75) is 18.9 Å². The second-order valence-electron chi connectivity index (χ2n) is 11.1. The van der Waals surface area contributed by atoms with Crippen LogP contribution in [0.4, 0.5) is 33.2 Å². The Morgan fingerprint density at radius 2 is 1.71 bits per heavy atom. The summed E-state index contributed by atoms with van der Waals surface area (Å²) in [5.74, 6) is 0.830. The average Bonchev–Trinajstić information content (AvgIpc) is 2.96. The number of nitrogens with zero attached hydrogens (tertiary/aromatic N) is 5. The van der Waals surface area contributed by atoms with Crippen LogP contribution in [-0.2, 0) is 4.57 Å². The van der Waals surface area contributed by atoms with Crippen molar-refractivity contribution in [1.82, 2.24) is 19.8 Å². The lowest BCUT2D eigenvalue weighted by Crippen LogP contribution is -2.52. The Bertz CT molecular complexity index is 1420. The van der Waals surface area contributed by atoms with E-state index in [0.717, 1.165) is 57.8 Å². The van der Waals surface area contributed by atoms with Gasteiger partial charge < -0.3 is 29.7 Å². The summed E-state index contributed by atoms with van der Waals surface area (Å²) in [6.07, 6.45) is 3.79. The quantitative estimate of drug-likeness (QED) is 0.337. The molecule has 5 rings (SSSR count). The Labute approximate surface area is 246 Å². The molecule has 3 heterocycles. The second-order valence-corrected chi connectivity index (χ2v) is 14.7. The molecule has 41 heavy (non-hydrogen) atoms. The highest BCUT2D eigenvalue weighted by atomic mass is 35.5. The molecule has 9 nitrogen and oxygen atoms in total. The van der Waals surface area contributed by atoms with Crippen LogP contribution in [0.25, 0.3) is 0 Å². The van der Waals surface area contributed by atoms with Crippen molar-refractivity contribution in [1.29, 1.82) is 0 Å². The van der Waals surface area contributed by atoms with Crippen LogP contribution in [0.15, 0.2) is 42.6 Å². The Hall–Kier alpha value is -2.91. The van der Waals surface area contributed by atoms with E-state index in [1.807, 2.05) is 12.1 Å². The predicted molar refractivity (Wildman–Crippen MR) is 166 cm³/mol. The molecule has 0 amide bonds. The SMILES string of the molecule is COc1cc(N2CCC(N3CCN(C)CC3)CC2)ccc1Nc1ncc(Cl)c(Nc2ccc(F)cc2P(C)(C)=O)n1. The normalized spacial score (nSPS) is 17.5. The fraction of sp³-hybridized carbons (Fsp3) is 0.448. The monoisotopic (exact) mass is 601 g/mol. The molecule has 0 aliphatic carbocycles. The molecule has 2 fully saturated rings. The van der Waals surface area contributed by atoms with Crippen LogP contribution in [0.1, 0.15) is 12.8 Å². The maximum absolute atomic E-state index is 13.9. The van der Waals surface area contributed by atoms with Gasteiger partial charge in [0.05, 0.1) is 24.7 Å². The van der Waals surface area contributed by atoms with Crippen molar-refractivity contribution in [3.8, 4) is 5.75 Å². The van der Waals surface area contributed by atoms with E-state index in [1.54, 1.807) is 20.4 Å². The maximum Gasteiger partial charge on any atom is 0.229 e. The van der Waals surface area contributed by atoms with E-state index >= 15 is 0 Å². The highest BCUT2D eigenvalue weighted by Gasteiger charge is 2.27. The molecule has 1 aromatic heterocycles. The summed E-state index contributed by atoms with van der Waals surface area (Å²) in [7, 11) is 1.07. The number of hydrogen-bond donors (Lipinski definition) is 2.